The molecule has 0 saturated heterocycles. The maximum Gasteiger partial charge on any atom is 0.270 e. The van der Waals surface area contributed by atoms with Crippen molar-refractivity contribution in [2.75, 3.05) is 6.54 Å². The summed E-state index contributed by atoms with van der Waals surface area (Å²) >= 11 is 1.34. The van der Waals surface area contributed by atoms with Gasteiger partial charge in [-0.2, -0.15) is 0 Å². The van der Waals surface area contributed by atoms with E-state index >= 15 is 0 Å². The number of nitrogens with one attached hydrogen (secondary N) is 1. The highest BCUT2D eigenvalue weighted by atomic mass is 32.1. The molecule has 0 saturated carbocycles. The molecule has 3 aromatic rings. The molecule has 29 heavy (non-hydrogen) atoms. The zero-order valence-corrected chi connectivity index (χ0v) is 17.1. The van der Waals surface area contributed by atoms with Crippen LogP contribution in [0.1, 0.15) is 36.3 Å². The van der Waals surface area contributed by atoms with Gasteiger partial charge in [-0.3, -0.25) is 4.79 Å². The van der Waals surface area contributed by atoms with E-state index in [1.54, 1.807) is 17.5 Å². The van der Waals surface area contributed by atoms with Gasteiger partial charge < -0.3 is 10.1 Å². The molecule has 0 aliphatic rings. The first kappa shape index (κ1) is 20.9. The monoisotopic (exact) mass is 416 g/mol. The van der Waals surface area contributed by atoms with Gasteiger partial charge in [0.05, 0.1) is 5.56 Å². The van der Waals surface area contributed by atoms with Gasteiger partial charge in [-0.05, 0) is 42.2 Å². The Balaban J connectivity index is 1.72. The fourth-order valence-electron chi connectivity index (χ4n) is 2.69. The molecular formula is C22H22F2N2O2S. The second kappa shape index (κ2) is 9.60. The summed E-state index contributed by atoms with van der Waals surface area (Å²) in [7, 11) is 0. The fourth-order valence-corrected chi connectivity index (χ4v) is 3.52. The van der Waals surface area contributed by atoms with Gasteiger partial charge in [0.25, 0.3) is 5.91 Å². The maximum atomic E-state index is 13.4. The summed E-state index contributed by atoms with van der Waals surface area (Å²) in [5.74, 6) is -0.466. The number of nitrogens with zero attached hydrogens (tertiary/aromatic N) is 1. The van der Waals surface area contributed by atoms with Crippen molar-refractivity contribution in [2.45, 2.75) is 26.9 Å². The van der Waals surface area contributed by atoms with Crippen LogP contribution in [0.3, 0.4) is 0 Å². The van der Waals surface area contributed by atoms with E-state index in [4.69, 9.17) is 4.74 Å². The first-order valence-electron chi connectivity index (χ1n) is 9.33. The predicted molar refractivity (Wildman–Crippen MR) is 110 cm³/mol. The number of halogens is 2. The van der Waals surface area contributed by atoms with E-state index in [0.29, 0.717) is 34.5 Å². The summed E-state index contributed by atoms with van der Waals surface area (Å²) in [5.41, 5.74) is 1.47. The number of carbonyl (C=O) groups excluding carboxylic acids is 1. The Labute approximate surface area is 172 Å². The van der Waals surface area contributed by atoms with Crippen molar-refractivity contribution in [1.29, 1.82) is 0 Å². The molecule has 4 nitrogen and oxygen atoms in total. The molecule has 7 heteroatoms. The molecule has 0 aliphatic heterocycles. The molecule has 1 aromatic heterocycles. The van der Waals surface area contributed by atoms with Crippen LogP contribution in [-0.2, 0) is 6.61 Å². The number of aromatic nitrogens is 1. The molecular weight excluding hydrogens is 394 g/mol. The predicted octanol–water partition coefficient (Wildman–Crippen LogP) is 5.44. The molecule has 0 atom stereocenters. The quantitative estimate of drug-likeness (QED) is 0.532. The van der Waals surface area contributed by atoms with Crippen LogP contribution in [0.4, 0.5) is 8.78 Å². The Morgan fingerprint density at radius 1 is 1.17 bits per heavy atom. The lowest BCUT2D eigenvalue weighted by Gasteiger charge is -2.10. The van der Waals surface area contributed by atoms with E-state index < -0.39 is 11.6 Å². The topological polar surface area (TPSA) is 51.2 Å². The van der Waals surface area contributed by atoms with E-state index in [-0.39, 0.29) is 12.5 Å². The molecule has 1 amide bonds. The summed E-state index contributed by atoms with van der Waals surface area (Å²) in [6, 6.07) is 10.5. The summed E-state index contributed by atoms with van der Waals surface area (Å²) in [5, 5.41) is 5.22. The van der Waals surface area contributed by atoms with Crippen LogP contribution in [0, 0.1) is 17.6 Å². The molecule has 1 heterocycles. The largest absolute Gasteiger partial charge is 0.488 e. The third-order valence-corrected chi connectivity index (χ3v) is 5.05. The zero-order valence-electron chi connectivity index (χ0n) is 16.2. The minimum Gasteiger partial charge on any atom is -0.488 e. The fraction of sp³-hybridized carbons (Fsp3) is 0.273. The molecule has 0 radical (unpaired) electrons. The molecule has 0 spiro atoms. The van der Waals surface area contributed by atoms with Gasteiger partial charge >= 0.3 is 0 Å². The number of carbonyl (C=O) groups is 1. The van der Waals surface area contributed by atoms with Crippen molar-refractivity contribution in [3.8, 4) is 16.3 Å². The van der Waals surface area contributed by atoms with Crippen molar-refractivity contribution in [3.05, 3.63) is 70.7 Å². The Bertz CT molecular complexity index is 968. The minimum atomic E-state index is -0.648. The van der Waals surface area contributed by atoms with E-state index in [0.717, 1.165) is 18.1 Å². The van der Waals surface area contributed by atoms with Gasteiger partial charge in [-0.15, -0.1) is 11.3 Å². The smallest absolute Gasteiger partial charge is 0.270 e. The van der Waals surface area contributed by atoms with Crippen LogP contribution >= 0.6 is 11.3 Å². The molecule has 0 fully saturated rings. The lowest BCUT2D eigenvalue weighted by atomic mass is 10.1. The third kappa shape index (κ3) is 5.84. The molecule has 1 N–H and O–H groups in total. The lowest BCUT2D eigenvalue weighted by molar-refractivity contribution is 0.0948. The Morgan fingerprint density at radius 3 is 2.62 bits per heavy atom. The lowest BCUT2D eigenvalue weighted by Crippen LogP contribution is -2.25. The van der Waals surface area contributed by atoms with E-state index in [1.165, 1.54) is 23.5 Å². The standard InChI is InChI=1S/C22H22F2N2O2S/c1-14(2)7-8-25-21(27)19-13-29-22(26-19)18-5-3-4-6-20(18)28-12-15-9-16(23)11-17(24)10-15/h3-6,9-11,13-14H,7-8,12H2,1-2H3,(H,25,27). The van der Waals surface area contributed by atoms with Crippen molar-refractivity contribution >= 4 is 17.2 Å². The van der Waals surface area contributed by atoms with Crippen molar-refractivity contribution in [3.63, 3.8) is 0 Å². The Kier molecular flexibility index (Phi) is 6.93. The summed E-state index contributed by atoms with van der Waals surface area (Å²) in [6.07, 6.45) is 0.903. The number of hydrogen-bond donors (Lipinski definition) is 1. The SMILES string of the molecule is CC(C)CCNC(=O)c1csc(-c2ccccc2OCc2cc(F)cc(F)c2)n1. The van der Waals surface area contributed by atoms with Crippen molar-refractivity contribution in [2.24, 2.45) is 5.92 Å². The highest BCUT2D eigenvalue weighted by Crippen LogP contribution is 2.32. The molecule has 2 aromatic carbocycles. The molecule has 0 bridgehead atoms. The summed E-state index contributed by atoms with van der Waals surface area (Å²) in [4.78, 5) is 16.7. The van der Waals surface area contributed by atoms with Gasteiger partial charge in [-0.1, -0.05) is 26.0 Å². The molecule has 3 rings (SSSR count). The normalized spacial score (nSPS) is 10.9. The van der Waals surface area contributed by atoms with Gasteiger partial charge in [0.1, 0.15) is 34.7 Å². The number of rotatable bonds is 8. The first-order valence-corrected chi connectivity index (χ1v) is 10.2. The summed E-state index contributed by atoms with van der Waals surface area (Å²) in [6.45, 7) is 4.82. The van der Waals surface area contributed by atoms with Crippen molar-refractivity contribution in [1.82, 2.24) is 10.3 Å². The first-order chi connectivity index (χ1) is 13.9. The Morgan fingerprint density at radius 2 is 1.90 bits per heavy atom. The third-order valence-electron chi connectivity index (χ3n) is 4.18. The number of thiazole rings is 1. The van der Waals surface area contributed by atoms with Crippen LogP contribution in [0.15, 0.2) is 47.8 Å². The van der Waals surface area contributed by atoms with Gasteiger partial charge in [-0.25, -0.2) is 13.8 Å². The number of ether oxygens (including phenoxy) is 1. The maximum absolute atomic E-state index is 13.4. The van der Waals surface area contributed by atoms with Gasteiger partial charge in [0.15, 0.2) is 0 Å². The van der Waals surface area contributed by atoms with Crippen LogP contribution < -0.4 is 10.1 Å². The Hall–Kier alpha value is -2.80. The van der Waals surface area contributed by atoms with E-state index in [2.05, 4.69) is 24.1 Å². The second-order valence-corrected chi connectivity index (χ2v) is 7.90. The van der Waals surface area contributed by atoms with Crippen LogP contribution in [-0.4, -0.2) is 17.4 Å². The van der Waals surface area contributed by atoms with Crippen LogP contribution in [0.2, 0.25) is 0 Å². The average Bonchev–Trinajstić information content (AvgIpc) is 3.15. The van der Waals surface area contributed by atoms with Crippen molar-refractivity contribution < 1.29 is 18.3 Å². The van der Waals surface area contributed by atoms with Crippen LogP contribution in [0.5, 0.6) is 5.75 Å². The van der Waals surface area contributed by atoms with Crippen LogP contribution in [0.25, 0.3) is 10.6 Å². The second-order valence-electron chi connectivity index (χ2n) is 7.04. The number of benzene rings is 2. The van der Waals surface area contributed by atoms with Gasteiger partial charge in [0, 0.05) is 18.0 Å². The molecule has 152 valence electrons. The minimum absolute atomic E-state index is 0.0135. The molecule has 0 unspecified atom stereocenters. The highest BCUT2D eigenvalue weighted by Gasteiger charge is 2.15. The number of para-hydroxylation sites is 1. The zero-order chi connectivity index (χ0) is 20.8. The van der Waals surface area contributed by atoms with Gasteiger partial charge in [0.2, 0.25) is 0 Å². The number of amides is 1. The van der Waals surface area contributed by atoms with E-state index in [9.17, 15) is 13.6 Å². The molecule has 0 aliphatic carbocycles. The number of hydrogen-bond acceptors (Lipinski definition) is 4. The average molecular weight is 416 g/mol. The highest BCUT2D eigenvalue weighted by molar-refractivity contribution is 7.13. The van der Waals surface area contributed by atoms with E-state index in [1.807, 2.05) is 12.1 Å². The summed E-state index contributed by atoms with van der Waals surface area (Å²) < 4.78 is 32.5.